The highest BCUT2D eigenvalue weighted by Gasteiger charge is 2.13. The van der Waals surface area contributed by atoms with Crippen LogP contribution >= 0.6 is 11.3 Å². The van der Waals surface area contributed by atoms with E-state index in [1.54, 1.807) is 18.4 Å². The first-order valence-electron chi connectivity index (χ1n) is 7.62. The Hall–Kier alpha value is -1.65. The van der Waals surface area contributed by atoms with Crippen molar-refractivity contribution in [3.8, 4) is 0 Å². The Bertz CT molecular complexity index is 539. The van der Waals surface area contributed by atoms with Crippen LogP contribution in [0.25, 0.3) is 0 Å². The second-order valence-corrected chi connectivity index (χ2v) is 6.26. The largest absolute Gasteiger partial charge is 0.383 e. The maximum absolute atomic E-state index is 12.5. The van der Waals surface area contributed by atoms with E-state index in [-0.39, 0.29) is 5.91 Å². The van der Waals surface area contributed by atoms with Gasteiger partial charge in [0.1, 0.15) is 0 Å². The molecule has 0 radical (unpaired) electrons. The number of aryl methyl sites for hydroxylation is 1. The van der Waals surface area contributed by atoms with Gasteiger partial charge in [-0.2, -0.15) is 0 Å². The van der Waals surface area contributed by atoms with Crippen LogP contribution in [0.4, 0.5) is 0 Å². The summed E-state index contributed by atoms with van der Waals surface area (Å²) < 4.78 is 5.13. The van der Waals surface area contributed by atoms with Crippen molar-refractivity contribution in [2.45, 2.75) is 25.8 Å². The number of methoxy groups -OCH3 is 1. The number of benzene rings is 1. The lowest BCUT2D eigenvalue weighted by Gasteiger charge is -2.22. The average molecular weight is 317 g/mol. The van der Waals surface area contributed by atoms with Gasteiger partial charge in [0.25, 0.3) is 0 Å². The monoisotopic (exact) mass is 317 g/mol. The number of thiophene rings is 1. The van der Waals surface area contributed by atoms with Crippen LogP contribution in [0.3, 0.4) is 0 Å². The molecule has 2 aromatic rings. The number of hydrogen-bond acceptors (Lipinski definition) is 3. The van der Waals surface area contributed by atoms with Crippen LogP contribution in [-0.2, 0) is 22.5 Å². The minimum atomic E-state index is 0.206. The molecule has 0 aliphatic rings. The molecule has 0 N–H and O–H groups in total. The predicted molar refractivity (Wildman–Crippen MR) is 91.0 cm³/mol. The Labute approximate surface area is 136 Å². The molecule has 0 bridgehead atoms. The Kier molecular flexibility index (Phi) is 7.13. The van der Waals surface area contributed by atoms with E-state index in [9.17, 15) is 4.79 Å². The van der Waals surface area contributed by atoms with Crippen molar-refractivity contribution in [2.75, 3.05) is 20.3 Å². The first-order chi connectivity index (χ1) is 10.8. The summed E-state index contributed by atoms with van der Waals surface area (Å²) in [5, 5.41) is 2.08. The van der Waals surface area contributed by atoms with Crippen molar-refractivity contribution < 1.29 is 9.53 Å². The second kappa shape index (κ2) is 9.38. The van der Waals surface area contributed by atoms with E-state index in [2.05, 4.69) is 29.6 Å². The third kappa shape index (κ3) is 5.62. The molecule has 118 valence electrons. The van der Waals surface area contributed by atoms with Crippen LogP contribution in [0.2, 0.25) is 0 Å². The Morgan fingerprint density at radius 1 is 1.18 bits per heavy atom. The number of nitrogens with zero attached hydrogens (tertiary/aromatic N) is 1. The number of rotatable bonds is 9. The Balaban J connectivity index is 1.85. The number of hydrogen-bond donors (Lipinski definition) is 0. The summed E-state index contributed by atoms with van der Waals surface area (Å²) in [6.45, 7) is 1.87. The molecule has 3 nitrogen and oxygen atoms in total. The standard InChI is InChI=1S/C18H23NO2S/c1-21-13-12-19(15-16-7-3-2-4-8-16)18(20)11-5-9-17-10-6-14-22-17/h2-4,6-8,10,14H,5,9,11-13,15H2,1H3. The van der Waals surface area contributed by atoms with Gasteiger partial charge in [-0.05, 0) is 29.9 Å². The van der Waals surface area contributed by atoms with Gasteiger partial charge >= 0.3 is 0 Å². The van der Waals surface area contributed by atoms with Gasteiger partial charge in [0.05, 0.1) is 6.61 Å². The third-order valence-electron chi connectivity index (χ3n) is 3.53. The zero-order valence-electron chi connectivity index (χ0n) is 13.0. The van der Waals surface area contributed by atoms with Crippen molar-refractivity contribution in [3.05, 3.63) is 58.3 Å². The SMILES string of the molecule is COCCN(Cc1ccccc1)C(=O)CCCc1cccs1. The van der Waals surface area contributed by atoms with E-state index >= 15 is 0 Å². The fourth-order valence-electron chi connectivity index (χ4n) is 2.32. The second-order valence-electron chi connectivity index (χ2n) is 5.23. The molecule has 0 aliphatic heterocycles. The first-order valence-corrected chi connectivity index (χ1v) is 8.50. The third-order valence-corrected chi connectivity index (χ3v) is 4.46. The summed E-state index contributed by atoms with van der Waals surface area (Å²) in [5.74, 6) is 0.206. The summed E-state index contributed by atoms with van der Waals surface area (Å²) in [7, 11) is 1.67. The zero-order chi connectivity index (χ0) is 15.6. The van der Waals surface area contributed by atoms with Gasteiger partial charge in [0, 0.05) is 31.5 Å². The minimum Gasteiger partial charge on any atom is -0.383 e. The van der Waals surface area contributed by atoms with Crippen LogP contribution < -0.4 is 0 Å². The molecule has 22 heavy (non-hydrogen) atoms. The molecule has 0 aliphatic carbocycles. The van der Waals surface area contributed by atoms with Crippen LogP contribution in [0.1, 0.15) is 23.3 Å². The zero-order valence-corrected chi connectivity index (χ0v) is 13.8. The van der Waals surface area contributed by atoms with E-state index in [4.69, 9.17) is 4.74 Å². The van der Waals surface area contributed by atoms with Crippen LogP contribution in [-0.4, -0.2) is 31.1 Å². The van der Waals surface area contributed by atoms with E-state index in [0.717, 1.165) is 18.4 Å². The molecule has 1 heterocycles. The van der Waals surface area contributed by atoms with Crippen molar-refractivity contribution in [1.82, 2.24) is 4.90 Å². The molecule has 0 fully saturated rings. The van der Waals surface area contributed by atoms with Crippen molar-refractivity contribution >= 4 is 17.2 Å². The molecule has 0 unspecified atom stereocenters. The van der Waals surface area contributed by atoms with Crippen molar-refractivity contribution in [1.29, 1.82) is 0 Å². The van der Waals surface area contributed by atoms with E-state index < -0.39 is 0 Å². The molecule has 0 saturated carbocycles. The van der Waals surface area contributed by atoms with E-state index in [1.165, 1.54) is 4.88 Å². The molecule has 4 heteroatoms. The summed E-state index contributed by atoms with van der Waals surface area (Å²) in [6, 6.07) is 14.3. The van der Waals surface area contributed by atoms with Gasteiger partial charge in [-0.3, -0.25) is 4.79 Å². The van der Waals surface area contributed by atoms with Gasteiger partial charge in [-0.15, -0.1) is 11.3 Å². The average Bonchev–Trinajstić information content (AvgIpc) is 3.05. The van der Waals surface area contributed by atoms with Crippen LogP contribution in [0.15, 0.2) is 47.8 Å². The highest BCUT2D eigenvalue weighted by Crippen LogP contribution is 2.13. The number of amides is 1. The minimum absolute atomic E-state index is 0.206. The Morgan fingerprint density at radius 2 is 2.00 bits per heavy atom. The lowest BCUT2D eigenvalue weighted by atomic mass is 10.1. The molecule has 0 saturated heterocycles. The lowest BCUT2D eigenvalue weighted by molar-refractivity contribution is -0.132. The van der Waals surface area contributed by atoms with Gasteiger partial charge in [-0.25, -0.2) is 0 Å². The fourth-order valence-corrected chi connectivity index (χ4v) is 3.08. The summed E-state index contributed by atoms with van der Waals surface area (Å²) in [4.78, 5) is 15.7. The normalized spacial score (nSPS) is 10.6. The fraction of sp³-hybridized carbons (Fsp3) is 0.389. The molecule has 1 amide bonds. The van der Waals surface area contributed by atoms with Crippen LogP contribution in [0.5, 0.6) is 0 Å². The number of carbonyl (C=O) groups is 1. The molecule has 0 atom stereocenters. The maximum atomic E-state index is 12.5. The van der Waals surface area contributed by atoms with Gasteiger partial charge in [0.15, 0.2) is 0 Å². The summed E-state index contributed by atoms with van der Waals surface area (Å²) in [6.07, 6.45) is 2.47. The molecule has 2 rings (SSSR count). The highest BCUT2D eigenvalue weighted by atomic mass is 32.1. The van der Waals surface area contributed by atoms with Crippen molar-refractivity contribution in [3.63, 3.8) is 0 Å². The molecule has 1 aromatic carbocycles. The molecular weight excluding hydrogens is 294 g/mol. The number of carbonyl (C=O) groups excluding carboxylic acids is 1. The lowest BCUT2D eigenvalue weighted by Crippen LogP contribution is -2.33. The molecular formula is C18H23NO2S. The van der Waals surface area contributed by atoms with Gasteiger partial charge < -0.3 is 9.64 Å². The summed E-state index contributed by atoms with van der Waals surface area (Å²) >= 11 is 1.75. The Morgan fingerprint density at radius 3 is 2.68 bits per heavy atom. The summed E-state index contributed by atoms with van der Waals surface area (Å²) in [5.41, 5.74) is 1.16. The van der Waals surface area contributed by atoms with E-state index in [0.29, 0.717) is 26.1 Å². The van der Waals surface area contributed by atoms with Gasteiger partial charge in [0.2, 0.25) is 5.91 Å². The van der Waals surface area contributed by atoms with E-state index in [1.807, 2.05) is 23.1 Å². The molecule has 0 spiro atoms. The molecule has 1 aromatic heterocycles. The maximum Gasteiger partial charge on any atom is 0.222 e. The predicted octanol–water partition coefficient (Wildman–Crippen LogP) is 3.75. The van der Waals surface area contributed by atoms with Crippen molar-refractivity contribution in [2.24, 2.45) is 0 Å². The topological polar surface area (TPSA) is 29.5 Å². The van der Waals surface area contributed by atoms with Gasteiger partial charge in [-0.1, -0.05) is 36.4 Å². The first kappa shape index (κ1) is 16.7. The highest BCUT2D eigenvalue weighted by molar-refractivity contribution is 7.09. The van der Waals surface area contributed by atoms with Crippen LogP contribution in [0, 0.1) is 0 Å². The quantitative estimate of drug-likeness (QED) is 0.705. The smallest absolute Gasteiger partial charge is 0.222 e. The number of ether oxygens (including phenoxy) is 1.